The quantitative estimate of drug-likeness (QED) is 0.931. The molecule has 23 heavy (non-hydrogen) atoms. The zero-order valence-corrected chi connectivity index (χ0v) is 15.0. The van der Waals surface area contributed by atoms with E-state index in [1.54, 1.807) is 11.3 Å². The van der Waals surface area contributed by atoms with E-state index in [0.29, 0.717) is 0 Å². The molecule has 2 aliphatic heterocycles. The van der Waals surface area contributed by atoms with E-state index in [2.05, 4.69) is 22.2 Å². The molecule has 5 nitrogen and oxygen atoms in total. The van der Waals surface area contributed by atoms with Crippen molar-refractivity contribution in [2.24, 2.45) is 13.0 Å². The van der Waals surface area contributed by atoms with Crippen LogP contribution in [0, 0.1) is 12.8 Å². The average Bonchev–Trinajstić information content (AvgIpc) is 3.09. The van der Waals surface area contributed by atoms with Crippen molar-refractivity contribution in [3.63, 3.8) is 0 Å². The number of aromatic nitrogens is 3. The highest BCUT2D eigenvalue weighted by molar-refractivity contribution is 7.22. The number of thiazole rings is 1. The number of rotatable bonds is 4. The van der Waals surface area contributed by atoms with Crippen LogP contribution in [0.1, 0.15) is 44.2 Å². The van der Waals surface area contributed by atoms with Gasteiger partial charge in [-0.05, 0) is 58.0 Å². The summed E-state index contributed by atoms with van der Waals surface area (Å²) in [6.07, 6.45) is 8.31. The molecule has 6 heteroatoms. The predicted octanol–water partition coefficient (Wildman–Crippen LogP) is 3.40. The standard InChI is InChI=1S/C17H27N5S/c1-12-15-16(21(2)20-12)19-17(23-15)18-9-8-13-6-5-11-22-10-4-3-7-14(13)22/h13-14H,3-11H2,1-2H3,(H,18,19)/t13-,14+/m0/s1. The molecule has 1 N–H and O–H groups in total. The third-order valence-corrected chi connectivity index (χ3v) is 6.68. The van der Waals surface area contributed by atoms with Gasteiger partial charge in [-0.1, -0.05) is 17.8 Å². The third kappa shape index (κ3) is 2.98. The van der Waals surface area contributed by atoms with Gasteiger partial charge in [0.05, 0.1) is 10.4 Å². The first-order chi connectivity index (χ1) is 11.2. The highest BCUT2D eigenvalue weighted by atomic mass is 32.1. The van der Waals surface area contributed by atoms with Crippen LogP contribution >= 0.6 is 11.3 Å². The molecule has 0 aliphatic carbocycles. The number of nitrogens with zero attached hydrogens (tertiary/aromatic N) is 4. The second-order valence-electron chi connectivity index (χ2n) is 7.10. The summed E-state index contributed by atoms with van der Waals surface area (Å²) in [7, 11) is 1.97. The molecule has 0 saturated carbocycles. The highest BCUT2D eigenvalue weighted by Gasteiger charge is 2.32. The summed E-state index contributed by atoms with van der Waals surface area (Å²) in [6.45, 7) is 5.77. The molecule has 4 rings (SSSR count). The zero-order valence-electron chi connectivity index (χ0n) is 14.2. The number of hydrogen-bond acceptors (Lipinski definition) is 5. The summed E-state index contributed by atoms with van der Waals surface area (Å²) >= 11 is 1.74. The summed E-state index contributed by atoms with van der Waals surface area (Å²) in [4.78, 5) is 7.45. The van der Waals surface area contributed by atoms with Crippen molar-refractivity contribution in [2.75, 3.05) is 25.0 Å². The van der Waals surface area contributed by atoms with E-state index < -0.39 is 0 Å². The molecular weight excluding hydrogens is 306 g/mol. The first kappa shape index (κ1) is 15.4. The Bertz CT molecular complexity index is 639. The van der Waals surface area contributed by atoms with E-state index in [1.165, 1.54) is 56.3 Å². The fourth-order valence-electron chi connectivity index (χ4n) is 4.44. The minimum atomic E-state index is 0.848. The maximum absolute atomic E-state index is 4.69. The number of hydrogen-bond donors (Lipinski definition) is 1. The van der Waals surface area contributed by atoms with E-state index >= 15 is 0 Å². The molecule has 2 aromatic heterocycles. The Morgan fingerprint density at radius 1 is 1.22 bits per heavy atom. The fourth-order valence-corrected chi connectivity index (χ4v) is 5.40. The zero-order chi connectivity index (χ0) is 15.8. The van der Waals surface area contributed by atoms with Gasteiger partial charge >= 0.3 is 0 Å². The minimum Gasteiger partial charge on any atom is -0.361 e. The van der Waals surface area contributed by atoms with Crippen molar-refractivity contribution in [3.05, 3.63) is 5.69 Å². The molecule has 2 atom stereocenters. The highest BCUT2D eigenvalue weighted by Crippen LogP contribution is 2.33. The van der Waals surface area contributed by atoms with E-state index in [-0.39, 0.29) is 0 Å². The molecule has 4 heterocycles. The predicted molar refractivity (Wildman–Crippen MR) is 96.2 cm³/mol. The topological polar surface area (TPSA) is 46.0 Å². The van der Waals surface area contributed by atoms with Crippen molar-refractivity contribution in [2.45, 2.75) is 51.5 Å². The Balaban J connectivity index is 1.36. The molecular formula is C17H27N5S. The molecule has 0 radical (unpaired) electrons. The van der Waals surface area contributed by atoms with Crippen LogP contribution in [0.15, 0.2) is 0 Å². The van der Waals surface area contributed by atoms with Crippen LogP contribution in [0.3, 0.4) is 0 Å². The lowest BCUT2D eigenvalue weighted by molar-refractivity contribution is 0.0573. The maximum atomic E-state index is 4.69. The normalized spacial score (nSPS) is 25.7. The van der Waals surface area contributed by atoms with Gasteiger partial charge in [-0.15, -0.1) is 0 Å². The van der Waals surface area contributed by atoms with E-state index in [9.17, 15) is 0 Å². The second-order valence-corrected chi connectivity index (χ2v) is 8.10. The number of aryl methyl sites for hydroxylation is 2. The van der Waals surface area contributed by atoms with Crippen molar-refractivity contribution in [1.29, 1.82) is 0 Å². The van der Waals surface area contributed by atoms with Gasteiger partial charge in [-0.25, -0.2) is 9.67 Å². The van der Waals surface area contributed by atoms with Gasteiger partial charge in [0.2, 0.25) is 0 Å². The Kier molecular flexibility index (Phi) is 4.28. The van der Waals surface area contributed by atoms with Gasteiger partial charge in [0, 0.05) is 19.6 Å². The van der Waals surface area contributed by atoms with Crippen molar-refractivity contribution >= 4 is 26.8 Å². The summed E-state index contributed by atoms with van der Waals surface area (Å²) < 4.78 is 3.10. The molecule has 126 valence electrons. The molecule has 2 aromatic rings. The minimum absolute atomic E-state index is 0.848. The van der Waals surface area contributed by atoms with E-state index in [4.69, 9.17) is 4.98 Å². The molecule has 0 aromatic carbocycles. The van der Waals surface area contributed by atoms with Gasteiger partial charge in [0.15, 0.2) is 10.8 Å². The van der Waals surface area contributed by atoms with Crippen LogP contribution in [0.2, 0.25) is 0 Å². The second kappa shape index (κ2) is 6.40. The van der Waals surface area contributed by atoms with Crippen LogP contribution in [0.25, 0.3) is 10.3 Å². The van der Waals surface area contributed by atoms with Gasteiger partial charge in [-0.3, -0.25) is 0 Å². The Labute approximate surface area is 142 Å². The molecule has 2 fully saturated rings. The summed E-state index contributed by atoms with van der Waals surface area (Å²) in [6, 6.07) is 0.848. The van der Waals surface area contributed by atoms with E-state index in [0.717, 1.165) is 35.0 Å². The van der Waals surface area contributed by atoms with Gasteiger partial charge in [0.25, 0.3) is 0 Å². The fraction of sp³-hybridized carbons (Fsp3) is 0.765. The Hall–Kier alpha value is -1.14. The van der Waals surface area contributed by atoms with Crippen molar-refractivity contribution in [1.82, 2.24) is 19.7 Å². The molecule has 0 unspecified atom stereocenters. The van der Waals surface area contributed by atoms with Crippen LogP contribution < -0.4 is 5.32 Å². The maximum Gasteiger partial charge on any atom is 0.185 e. The third-order valence-electron chi connectivity index (χ3n) is 5.56. The first-order valence-corrected chi connectivity index (χ1v) is 9.82. The molecule has 0 bridgehead atoms. The molecule has 2 saturated heterocycles. The molecule has 2 aliphatic rings. The molecule has 0 spiro atoms. The number of fused-ring (bicyclic) bond motifs is 2. The summed E-state index contributed by atoms with van der Waals surface area (Å²) in [5.41, 5.74) is 2.09. The lowest BCUT2D eigenvalue weighted by Gasteiger charge is -2.44. The average molecular weight is 334 g/mol. The van der Waals surface area contributed by atoms with Crippen LogP contribution in [0.4, 0.5) is 5.13 Å². The summed E-state index contributed by atoms with van der Waals surface area (Å²) in [5.74, 6) is 0.870. The van der Waals surface area contributed by atoms with Gasteiger partial charge in [0.1, 0.15) is 0 Å². The molecule has 0 amide bonds. The SMILES string of the molecule is Cc1nn(C)c2nc(NCC[C@@H]3CCCN4CCCC[C@H]34)sc12. The largest absolute Gasteiger partial charge is 0.361 e. The van der Waals surface area contributed by atoms with Gasteiger partial charge < -0.3 is 10.2 Å². The number of anilines is 1. The Morgan fingerprint density at radius 2 is 2.09 bits per heavy atom. The van der Waals surface area contributed by atoms with Crippen LogP contribution in [-0.4, -0.2) is 45.3 Å². The first-order valence-electron chi connectivity index (χ1n) is 9.00. The van der Waals surface area contributed by atoms with E-state index in [1.807, 2.05) is 11.7 Å². The van der Waals surface area contributed by atoms with Crippen molar-refractivity contribution < 1.29 is 0 Å². The van der Waals surface area contributed by atoms with Gasteiger partial charge in [-0.2, -0.15) is 5.10 Å². The Morgan fingerprint density at radius 3 is 2.96 bits per heavy atom. The van der Waals surface area contributed by atoms with Crippen LogP contribution in [-0.2, 0) is 7.05 Å². The lowest BCUT2D eigenvalue weighted by Crippen LogP contribution is -2.48. The lowest BCUT2D eigenvalue weighted by atomic mass is 9.82. The summed E-state index contributed by atoms with van der Waals surface area (Å²) in [5, 5.41) is 9.04. The number of nitrogens with one attached hydrogen (secondary N) is 1. The monoisotopic (exact) mass is 333 g/mol. The van der Waals surface area contributed by atoms with Crippen molar-refractivity contribution in [3.8, 4) is 0 Å². The smallest absolute Gasteiger partial charge is 0.185 e. The van der Waals surface area contributed by atoms with Crippen LogP contribution in [0.5, 0.6) is 0 Å². The number of piperidine rings is 2.